The Kier molecular flexibility index (Phi) is 9.02. The normalized spacial score (nSPS) is 11.3. The predicted molar refractivity (Wildman–Crippen MR) is 90.4 cm³/mol. The average molecular weight is 352 g/mol. The highest BCUT2D eigenvalue weighted by molar-refractivity contribution is 5.96. The summed E-state index contributed by atoms with van der Waals surface area (Å²) in [7, 11) is 1.52. The lowest BCUT2D eigenvalue weighted by Crippen LogP contribution is -2.39. The number of nitrogens with one attached hydrogen (secondary N) is 2. The van der Waals surface area contributed by atoms with Crippen molar-refractivity contribution in [3.8, 4) is 5.75 Å². The van der Waals surface area contributed by atoms with Crippen molar-refractivity contribution in [1.82, 2.24) is 10.6 Å². The van der Waals surface area contributed by atoms with E-state index in [4.69, 9.17) is 14.2 Å². The number of esters is 1. The number of benzene rings is 1. The molecule has 1 aromatic carbocycles. The molecule has 0 aliphatic heterocycles. The topological polar surface area (TPSA) is 103 Å². The van der Waals surface area contributed by atoms with Gasteiger partial charge in [0.25, 0.3) is 11.8 Å². The zero-order chi connectivity index (χ0) is 18.7. The van der Waals surface area contributed by atoms with Gasteiger partial charge in [-0.25, -0.2) is 0 Å². The number of amides is 2. The lowest BCUT2D eigenvalue weighted by molar-refractivity contribution is -0.153. The molecule has 1 atom stereocenters. The molecule has 138 valence electrons. The molecule has 2 N–H and O–H groups in total. The van der Waals surface area contributed by atoms with Gasteiger partial charge in [0, 0.05) is 19.2 Å². The van der Waals surface area contributed by atoms with E-state index >= 15 is 0 Å². The SMILES string of the molecule is CCOc1ccc(C(=O)NCC(=O)O[C@H](C)C(=O)NCCOC)cc1. The first-order valence-corrected chi connectivity index (χ1v) is 7.95. The summed E-state index contributed by atoms with van der Waals surface area (Å²) in [6, 6.07) is 6.53. The van der Waals surface area contributed by atoms with Crippen LogP contribution in [0.2, 0.25) is 0 Å². The Morgan fingerprint density at radius 2 is 1.80 bits per heavy atom. The summed E-state index contributed by atoms with van der Waals surface area (Å²) >= 11 is 0. The first-order chi connectivity index (χ1) is 12.0. The Morgan fingerprint density at radius 1 is 1.12 bits per heavy atom. The van der Waals surface area contributed by atoms with Gasteiger partial charge in [-0.2, -0.15) is 0 Å². The van der Waals surface area contributed by atoms with Crippen molar-refractivity contribution in [2.24, 2.45) is 0 Å². The Labute approximate surface area is 146 Å². The van der Waals surface area contributed by atoms with Crippen LogP contribution in [0.5, 0.6) is 5.75 Å². The number of carbonyl (C=O) groups is 3. The molecule has 0 unspecified atom stereocenters. The van der Waals surface area contributed by atoms with E-state index in [0.29, 0.717) is 31.1 Å². The maximum absolute atomic E-state index is 12.0. The molecule has 8 heteroatoms. The van der Waals surface area contributed by atoms with E-state index in [9.17, 15) is 14.4 Å². The minimum atomic E-state index is -0.952. The molecule has 0 bridgehead atoms. The van der Waals surface area contributed by atoms with E-state index in [1.165, 1.54) is 14.0 Å². The minimum Gasteiger partial charge on any atom is -0.494 e. The summed E-state index contributed by atoms with van der Waals surface area (Å²) < 4.78 is 15.0. The number of methoxy groups -OCH3 is 1. The highest BCUT2D eigenvalue weighted by atomic mass is 16.5. The van der Waals surface area contributed by atoms with E-state index in [-0.39, 0.29) is 6.54 Å². The van der Waals surface area contributed by atoms with Crippen molar-refractivity contribution in [2.45, 2.75) is 20.0 Å². The standard InChI is InChI=1S/C17H24N2O6/c1-4-24-14-7-5-13(6-8-14)17(22)19-11-15(20)25-12(2)16(21)18-9-10-23-3/h5-8,12H,4,9-11H2,1-3H3,(H,18,21)(H,19,22)/t12-/m1/s1. The molecule has 0 fully saturated rings. The number of hydrogen-bond acceptors (Lipinski definition) is 6. The average Bonchev–Trinajstić information content (AvgIpc) is 2.60. The summed E-state index contributed by atoms with van der Waals surface area (Å²) in [5.41, 5.74) is 0.390. The van der Waals surface area contributed by atoms with E-state index < -0.39 is 23.9 Å². The molecule has 0 saturated heterocycles. The van der Waals surface area contributed by atoms with Crippen LogP contribution in [0.4, 0.5) is 0 Å². The molecule has 1 aromatic rings. The lowest BCUT2D eigenvalue weighted by Gasteiger charge is -2.13. The molecule has 0 aliphatic carbocycles. The molecule has 1 rings (SSSR count). The summed E-state index contributed by atoms with van der Waals surface area (Å²) in [4.78, 5) is 35.3. The van der Waals surface area contributed by atoms with Gasteiger partial charge in [0.2, 0.25) is 0 Å². The fraction of sp³-hybridized carbons (Fsp3) is 0.471. The van der Waals surface area contributed by atoms with Gasteiger partial charge in [-0.1, -0.05) is 0 Å². The van der Waals surface area contributed by atoms with E-state index in [0.717, 1.165) is 0 Å². The van der Waals surface area contributed by atoms with Gasteiger partial charge >= 0.3 is 5.97 Å². The minimum absolute atomic E-state index is 0.325. The van der Waals surface area contributed by atoms with Crippen LogP contribution in [0.15, 0.2) is 24.3 Å². The van der Waals surface area contributed by atoms with Gasteiger partial charge < -0.3 is 24.8 Å². The highest BCUT2D eigenvalue weighted by Gasteiger charge is 2.18. The first kappa shape index (κ1) is 20.4. The van der Waals surface area contributed by atoms with Gasteiger partial charge in [-0.15, -0.1) is 0 Å². The van der Waals surface area contributed by atoms with Crippen LogP contribution in [0.1, 0.15) is 24.2 Å². The largest absolute Gasteiger partial charge is 0.494 e. The number of rotatable bonds is 10. The van der Waals surface area contributed by atoms with E-state index in [2.05, 4.69) is 10.6 Å². The van der Waals surface area contributed by atoms with Crippen LogP contribution in [-0.4, -0.2) is 57.3 Å². The van der Waals surface area contributed by atoms with Crippen molar-refractivity contribution in [3.63, 3.8) is 0 Å². The molecule has 8 nitrogen and oxygen atoms in total. The summed E-state index contributed by atoms with van der Waals surface area (Å²) in [6.07, 6.45) is -0.952. The van der Waals surface area contributed by atoms with Crippen LogP contribution in [0.3, 0.4) is 0 Å². The van der Waals surface area contributed by atoms with Crippen molar-refractivity contribution >= 4 is 17.8 Å². The molecule has 0 aliphatic rings. The smallest absolute Gasteiger partial charge is 0.326 e. The Balaban J connectivity index is 2.37. The van der Waals surface area contributed by atoms with Crippen molar-refractivity contribution in [3.05, 3.63) is 29.8 Å². The summed E-state index contributed by atoms with van der Waals surface area (Å²) in [5.74, 6) is -0.888. The maximum Gasteiger partial charge on any atom is 0.326 e. The van der Waals surface area contributed by atoms with Gasteiger partial charge in [0.15, 0.2) is 6.10 Å². The Morgan fingerprint density at radius 3 is 2.40 bits per heavy atom. The molecule has 25 heavy (non-hydrogen) atoms. The predicted octanol–water partition coefficient (Wildman–Crippen LogP) is 0.509. The van der Waals surface area contributed by atoms with Crippen LogP contribution in [0.25, 0.3) is 0 Å². The van der Waals surface area contributed by atoms with E-state index in [1.807, 2.05) is 6.92 Å². The molecular formula is C17H24N2O6. The molecule has 0 radical (unpaired) electrons. The Hall–Kier alpha value is -2.61. The second-order valence-corrected chi connectivity index (χ2v) is 5.06. The molecule has 0 saturated carbocycles. The molecule has 0 aromatic heterocycles. The highest BCUT2D eigenvalue weighted by Crippen LogP contribution is 2.11. The third kappa shape index (κ3) is 7.67. The van der Waals surface area contributed by atoms with Crippen LogP contribution < -0.4 is 15.4 Å². The lowest BCUT2D eigenvalue weighted by atomic mass is 10.2. The number of ether oxygens (including phenoxy) is 3. The third-order valence-electron chi connectivity index (χ3n) is 3.10. The second kappa shape index (κ2) is 11.0. The first-order valence-electron chi connectivity index (χ1n) is 7.95. The summed E-state index contributed by atoms with van der Waals surface area (Å²) in [6.45, 7) is 4.21. The van der Waals surface area contributed by atoms with Crippen molar-refractivity contribution in [1.29, 1.82) is 0 Å². The van der Waals surface area contributed by atoms with Crippen LogP contribution >= 0.6 is 0 Å². The second-order valence-electron chi connectivity index (χ2n) is 5.06. The molecule has 2 amide bonds. The monoisotopic (exact) mass is 352 g/mol. The van der Waals surface area contributed by atoms with Crippen molar-refractivity contribution < 1.29 is 28.6 Å². The van der Waals surface area contributed by atoms with Crippen LogP contribution in [-0.2, 0) is 19.1 Å². The van der Waals surface area contributed by atoms with Gasteiger partial charge in [-0.05, 0) is 38.1 Å². The number of carbonyl (C=O) groups excluding carboxylic acids is 3. The van der Waals surface area contributed by atoms with E-state index in [1.54, 1.807) is 24.3 Å². The fourth-order valence-corrected chi connectivity index (χ4v) is 1.84. The van der Waals surface area contributed by atoms with Crippen molar-refractivity contribution in [2.75, 3.05) is 33.4 Å². The molecular weight excluding hydrogens is 328 g/mol. The van der Waals surface area contributed by atoms with Gasteiger partial charge in [-0.3, -0.25) is 14.4 Å². The van der Waals surface area contributed by atoms with Gasteiger partial charge in [0.1, 0.15) is 12.3 Å². The molecule has 0 spiro atoms. The zero-order valence-corrected chi connectivity index (χ0v) is 14.7. The molecule has 0 heterocycles. The maximum atomic E-state index is 12.0. The van der Waals surface area contributed by atoms with Gasteiger partial charge in [0.05, 0.1) is 13.2 Å². The number of hydrogen-bond donors (Lipinski definition) is 2. The fourth-order valence-electron chi connectivity index (χ4n) is 1.84. The van der Waals surface area contributed by atoms with Crippen LogP contribution in [0, 0.1) is 0 Å². The summed E-state index contributed by atoms with van der Waals surface area (Å²) in [5, 5.41) is 5.00. The Bertz CT molecular complexity index is 573. The third-order valence-corrected chi connectivity index (χ3v) is 3.10. The zero-order valence-electron chi connectivity index (χ0n) is 14.7. The quantitative estimate of drug-likeness (QED) is 0.470.